The molecule has 27 heavy (non-hydrogen) atoms. The highest BCUT2D eigenvalue weighted by atomic mass is 32.1. The summed E-state index contributed by atoms with van der Waals surface area (Å²) >= 11 is 1.43. The molecule has 1 unspecified atom stereocenters. The molecule has 0 saturated carbocycles. The van der Waals surface area contributed by atoms with Crippen molar-refractivity contribution in [1.82, 2.24) is 14.6 Å². The van der Waals surface area contributed by atoms with Crippen LogP contribution < -0.4 is 0 Å². The van der Waals surface area contributed by atoms with Crippen molar-refractivity contribution in [3.63, 3.8) is 0 Å². The number of aliphatic hydroxyl groups is 1. The van der Waals surface area contributed by atoms with Crippen molar-refractivity contribution in [3.05, 3.63) is 46.3 Å². The minimum Gasteiger partial charge on any atom is -0.383 e. The van der Waals surface area contributed by atoms with Gasteiger partial charge in [-0.05, 0) is 25.8 Å². The van der Waals surface area contributed by atoms with Gasteiger partial charge in [0.2, 0.25) is 4.96 Å². The molecule has 1 fully saturated rings. The van der Waals surface area contributed by atoms with Crippen LogP contribution in [0.5, 0.6) is 0 Å². The number of hydrogen-bond acceptors (Lipinski definition) is 6. The molecule has 2 aromatic heterocycles. The highest BCUT2D eigenvalue weighted by Crippen LogP contribution is 2.34. The first kappa shape index (κ1) is 18.6. The van der Waals surface area contributed by atoms with Gasteiger partial charge >= 0.3 is 0 Å². The molecular weight excluding hydrogens is 362 g/mol. The molecular formula is C20H25N3O3S. The lowest BCUT2D eigenvalue weighted by atomic mass is 9.90. The zero-order chi connectivity index (χ0) is 19.2. The summed E-state index contributed by atoms with van der Waals surface area (Å²) in [5.41, 5.74) is 3.28. The quantitative estimate of drug-likeness (QED) is 0.854. The van der Waals surface area contributed by atoms with Crippen LogP contribution in [0.1, 0.15) is 37.2 Å². The molecule has 0 radical (unpaired) electrons. The monoisotopic (exact) mass is 387 g/mol. The lowest BCUT2D eigenvalue weighted by molar-refractivity contribution is -0.0228. The average Bonchev–Trinajstić information content (AvgIpc) is 3.05. The molecule has 1 aliphatic carbocycles. The van der Waals surface area contributed by atoms with Crippen molar-refractivity contribution in [3.8, 4) is 0 Å². The minimum absolute atomic E-state index is 0.0523. The highest BCUT2D eigenvalue weighted by molar-refractivity contribution is 7.16. The summed E-state index contributed by atoms with van der Waals surface area (Å²) in [5.74, 6) is 0.372. The lowest BCUT2D eigenvalue weighted by Gasteiger charge is -2.31. The second-order valence-corrected chi connectivity index (χ2v) is 8.42. The molecule has 2 aliphatic rings. The van der Waals surface area contributed by atoms with Gasteiger partial charge in [-0.15, -0.1) is 0 Å². The normalized spacial score (nSPS) is 21.1. The number of fused-ring (bicyclic) bond motifs is 1. The summed E-state index contributed by atoms with van der Waals surface area (Å²) in [5, 5.41) is 15.7. The van der Waals surface area contributed by atoms with Crippen LogP contribution in [0.3, 0.4) is 0 Å². The SMILES string of the molecule is CCc1nc2sc(C(C)(C)O)nn2c1C1=CC=CC(OC)C(C2COC2)=C1. The van der Waals surface area contributed by atoms with E-state index in [0.717, 1.165) is 41.6 Å². The van der Waals surface area contributed by atoms with Gasteiger partial charge in [0.05, 0.1) is 30.7 Å². The van der Waals surface area contributed by atoms with Gasteiger partial charge in [-0.3, -0.25) is 0 Å². The van der Waals surface area contributed by atoms with Crippen LogP contribution in [0.15, 0.2) is 29.9 Å². The molecule has 1 N–H and O–H groups in total. The third-order valence-electron chi connectivity index (χ3n) is 4.98. The van der Waals surface area contributed by atoms with Crippen LogP contribution in [0, 0.1) is 5.92 Å². The van der Waals surface area contributed by atoms with Gasteiger partial charge in [0.15, 0.2) is 0 Å². The Labute approximate surface area is 162 Å². The van der Waals surface area contributed by atoms with Gasteiger partial charge in [0.25, 0.3) is 0 Å². The summed E-state index contributed by atoms with van der Waals surface area (Å²) in [4.78, 5) is 5.58. The van der Waals surface area contributed by atoms with Crippen LogP contribution in [-0.4, -0.2) is 46.1 Å². The second kappa shape index (κ2) is 6.98. The van der Waals surface area contributed by atoms with E-state index >= 15 is 0 Å². The molecule has 1 atom stereocenters. The summed E-state index contributed by atoms with van der Waals surface area (Å²) in [6.45, 7) is 7.06. The molecule has 1 saturated heterocycles. The van der Waals surface area contributed by atoms with E-state index in [0.29, 0.717) is 10.9 Å². The first-order chi connectivity index (χ1) is 12.9. The zero-order valence-corrected chi connectivity index (χ0v) is 16.9. The molecule has 144 valence electrons. The van der Waals surface area contributed by atoms with Crippen LogP contribution in [0.25, 0.3) is 10.5 Å². The molecule has 3 heterocycles. The minimum atomic E-state index is -0.988. The molecule has 0 bridgehead atoms. The van der Waals surface area contributed by atoms with Crippen molar-refractivity contribution in [2.75, 3.05) is 20.3 Å². The van der Waals surface area contributed by atoms with E-state index in [9.17, 15) is 5.11 Å². The lowest BCUT2D eigenvalue weighted by Crippen LogP contribution is -2.33. The predicted octanol–water partition coefficient (Wildman–Crippen LogP) is 3.12. The predicted molar refractivity (Wildman–Crippen MR) is 106 cm³/mol. The number of ether oxygens (including phenoxy) is 2. The number of allylic oxidation sites excluding steroid dienone is 4. The number of hydrogen-bond donors (Lipinski definition) is 1. The Morgan fingerprint density at radius 3 is 2.78 bits per heavy atom. The first-order valence-electron chi connectivity index (χ1n) is 9.24. The van der Waals surface area contributed by atoms with Crippen molar-refractivity contribution in [1.29, 1.82) is 0 Å². The van der Waals surface area contributed by atoms with Crippen LogP contribution >= 0.6 is 11.3 Å². The molecule has 0 aromatic carbocycles. The Hall–Kier alpha value is -1.80. The number of aromatic nitrogens is 3. The van der Waals surface area contributed by atoms with Crippen molar-refractivity contribution in [2.45, 2.75) is 38.9 Å². The van der Waals surface area contributed by atoms with E-state index in [4.69, 9.17) is 14.5 Å². The fourth-order valence-corrected chi connectivity index (χ4v) is 4.31. The van der Waals surface area contributed by atoms with Gasteiger partial charge in [-0.1, -0.05) is 42.6 Å². The first-order valence-corrected chi connectivity index (χ1v) is 10.1. The fraction of sp³-hybridized carbons (Fsp3) is 0.500. The van der Waals surface area contributed by atoms with E-state index in [2.05, 4.69) is 30.3 Å². The van der Waals surface area contributed by atoms with Gasteiger partial charge in [-0.25, -0.2) is 9.50 Å². The van der Waals surface area contributed by atoms with Crippen LogP contribution in [-0.2, 0) is 21.5 Å². The maximum absolute atomic E-state index is 10.3. The molecule has 1 aliphatic heterocycles. The molecule has 0 spiro atoms. The van der Waals surface area contributed by atoms with E-state index in [-0.39, 0.29) is 6.10 Å². The number of nitrogens with zero attached hydrogens (tertiary/aromatic N) is 3. The number of aryl methyl sites for hydroxylation is 1. The molecule has 0 amide bonds. The Bertz CT molecular complexity index is 942. The smallest absolute Gasteiger partial charge is 0.213 e. The summed E-state index contributed by atoms with van der Waals surface area (Å²) in [6, 6.07) is 0. The Morgan fingerprint density at radius 2 is 2.19 bits per heavy atom. The topological polar surface area (TPSA) is 68.9 Å². The van der Waals surface area contributed by atoms with E-state index in [1.807, 2.05) is 10.6 Å². The van der Waals surface area contributed by atoms with E-state index in [1.54, 1.807) is 21.0 Å². The third kappa shape index (κ3) is 3.29. The van der Waals surface area contributed by atoms with Gasteiger partial charge in [0.1, 0.15) is 10.6 Å². The summed E-state index contributed by atoms with van der Waals surface area (Å²) in [6.07, 6.45) is 9.16. The number of rotatable bonds is 5. The largest absolute Gasteiger partial charge is 0.383 e. The van der Waals surface area contributed by atoms with Gasteiger partial charge in [-0.2, -0.15) is 5.10 Å². The zero-order valence-electron chi connectivity index (χ0n) is 16.1. The summed E-state index contributed by atoms with van der Waals surface area (Å²) in [7, 11) is 1.73. The summed E-state index contributed by atoms with van der Waals surface area (Å²) < 4.78 is 13.0. The number of imidazole rings is 1. The Morgan fingerprint density at radius 1 is 1.41 bits per heavy atom. The van der Waals surface area contributed by atoms with Crippen LogP contribution in [0.4, 0.5) is 0 Å². The van der Waals surface area contributed by atoms with E-state index in [1.165, 1.54) is 16.9 Å². The molecule has 4 rings (SSSR count). The maximum Gasteiger partial charge on any atom is 0.213 e. The third-order valence-corrected chi connectivity index (χ3v) is 6.20. The highest BCUT2D eigenvalue weighted by Gasteiger charge is 2.30. The molecule has 6 nitrogen and oxygen atoms in total. The number of methoxy groups -OCH3 is 1. The van der Waals surface area contributed by atoms with Gasteiger partial charge < -0.3 is 14.6 Å². The maximum atomic E-state index is 10.3. The molecule has 2 aromatic rings. The van der Waals surface area contributed by atoms with Crippen molar-refractivity contribution in [2.24, 2.45) is 5.92 Å². The van der Waals surface area contributed by atoms with Gasteiger partial charge in [0, 0.05) is 18.6 Å². The van der Waals surface area contributed by atoms with E-state index < -0.39 is 5.60 Å². The Balaban J connectivity index is 1.85. The molecule has 7 heteroatoms. The average molecular weight is 388 g/mol. The second-order valence-electron chi connectivity index (χ2n) is 7.46. The van der Waals surface area contributed by atoms with Crippen LogP contribution in [0.2, 0.25) is 0 Å². The van der Waals surface area contributed by atoms with Crippen molar-refractivity contribution >= 4 is 21.9 Å². The Kier molecular flexibility index (Phi) is 4.80. The van der Waals surface area contributed by atoms with Crippen molar-refractivity contribution < 1.29 is 14.6 Å². The fourth-order valence-electron chi connectivity index (χ4n) is 3.39. The standard InChI is InChI=1S/C20H25N3O3S/c1-5-15-17(23-19(21-15)27-18(22-23)20(2,3)24)12-7-6-8-16(25-4)14(9-12)13-10-26-11-13/h6-9,13,16,24H,5,10-11H2,1-4H3.